The maximum atomic E-state index is 12.2. The molecule has 110 valence electrons. The van der Waals surface area contributed by atoms with Crippen molar-refractivity contribution in [3.63, 3.8) is 0 Å². The number of rotatable bonds is 5. The van der Waals surface area contributed by atoms with Crippen LogP contribution in [0, 0.1) is 17.8 Å². The fourth-order valence-corrected chi connectivity index (χ4v) is 2.92. The number of hydrogen-bond acceptors (Lipinski definition) is 3. The quantitative estimate of drug-likeness (QED) is 0.847. The summed E-state index contributed by atoms with van der Waals surface area (Å²) in [7, 11) is 1.81. The lowest BCUT2D eigenvalue weighted by Crippen LogP contribution is -2.34. The van der Waals surface area contributed by atoms with Gasteiger partial charge < -0.3 is 10.4 Å². The minimum atomic E-state index is -0.859. The summed E-state index contributed by atoms with van der Waals surface area (Å²) in [5.41, 5.74) is 0.915. The summed E-state index contributed by atoms with van der Waals surface area (Å²) >= 11 is 0. The van der Waals surface area contributed by atoms with Crippen molar-refractivity contribution in [2.24, 2.45) is 24.8 Å². The molecule has 0 radical (unpaired) electrons. The first kappa shape index (κ1) is 14.6. The average Bonchev–Trinajstić information content (AvgIpc) is 3.02. The molecule has 0 aromatic carbocycles. The highest BCUT2D eigenvalue weighted by atomic mass is 16.4. The molecule has 1 unspecified atom stereocenters. The van der Waals surface area contributed by atoms with Gasteiger partial charge in [-0.15, -0.1) is 0 Å². The van der Waals surface area contributed by atoms with E-state index in [4.69, 9.17) is 0 Å². The summed E-state index contributed by atoms with van der Waals surface area (Å²) in [6.07, 6.45) is 5.73. The van der Waals surface area contributed by atoms with Crippen LogP contribution in [-0.4, -0.2) is 26.8 Å². The number of carboxylic acid groups (broad SMARTS) is 1. The van der Waals surface area contributed by atoms with Crippen LogP contribution in [0.4, 0.5) is 0 Å². The zero-order valence-electron chi connectivity index (χ0n) is 11.9. The Balaban J connectivity index is 1.95. The van der Waals surface area contributed by atoms with E-state index in [2.05, 4.69) is 10.4 Å². The number of aryl methyl sites for hydroxylation is 1. The van der Waals surface area contributed by atoms with Gasteiger partial charge in [-0.2, -0.15) is 5.10 Å². The second kappa shape index (κ2) is 6.07. The van der Waals surface area contributed by atoms with Crippen LogP contribution < -0.4 is 5.32 Å². The molecule has 0 spiro atoms. The predicted molar refractivity (Wildman–Crippen MR) is 72.7 cm³/mol. The number of carboxylic acids is 1. The van der Waals surface area contributed by atoms with Crippen LogP contribution in [0.1, 0.15) is 31.7 Å². The van der Waals surface area contributed by atoms with Crippen LogP contribution in [-0.2, 0) is 23.2 Å². The number of carbonyl (C=O) groups excluding carboxylic acids is 1. The third kappa shape index (κ3) is 3.18. The van der Waals surface area contributed by atoms with Gasteiger partial charge in [0.25, 0.3) is 0 Å². The van der Waals surface area contributed by atoms with Crippen molar-refractivity contribution in [2.45, 2.75) is 32.7 Å². The van der Waals surface area contributed by atoms with Gasteiger partial charge in [0.1, 0.15) is 0 Å². The molecule has 6 nitrogen and oxygen atoms in total. The molecule has 1 aromatic rings. The molecule has 1 heterocycles. The molecular formula is C14H21N3O3. The highest BCUT2D eigenvalue weighted by Gasteiger charge is 2.41. The van der Waals surface area contributed by atoms with E-state index in [9.17, 15) is 14.7 Å². The topological polar surface area (TPSA) is 84.2 Å². The van der Waals surface area contributed by atoms with Gasteiger partial charge in [-0.05, 0) is 18.8 Å². The minimum absolute atomic E-state index is 0.155. The van der Waals surface area contributed by atoms with E-state index in [0.717, 1.165) is 12.0 Å². The molecule has 20 heavy (non-hydrogen) atoms. The fourth-order valence-electron chi connectivity index (χ4n) is 2.92. The first-order valence-corrected chi connectivity index (χ1v) is 6.99. The summed E-state index contributed by atoms with van der Waals surface area (Å²) in [4.78, 5) is 23.5. The number of nitrogens with one attached hydrogen (secondary N) is 1. The van der Waals surface area contributed by atoms with Gasteiger partial charge in [-0.3, -0.25) is 14.3 Å². The van der Waals surface area contributed by atoms with Crippen molar-refractivity contribution in [3.05, 3.63) is 18.0 Å². The Hall–Kier alpha value is -1.85. The van der Waals surface area contributed by atoms with Gasteiger partial charge in [0.05, 0.1) is 18.0 Å². The highest BCUT2D eigenvalue weighted by molar-refractivity contribution is 5.85. The number of nitrogens with zero attached hydrogens (tertiary/aromatic N) is 2. The first-order valence-electron chi connectivity index (χ1n) is 6.99. The van der Waals surface area contributed by atoms with E-state index in [1.807, 2.05) is 20.2 Å². The predicted octanol–water partition coefficient (Wildman–Crippen LogP) is 1.17. The number of hydrogen-bond donors (Lipinski definition) is 2. The van der Waals surface area contributed by atoms with E-state index >= 15 is 0 Å². The maximum Gasteiger partial charge on any atom is 0.307 e. The van der Waals surface area contributed by atoms with Crippen molar-refractivity contribution in [2.75, 3.05) is 0 Å². The van der Waals surface area contributed by atoms with E-state index in [1.54, 1.807) is 10.9 Å². The van der Waals surface area contributed by atoms with Crippen molar-refractivity contribution >= 4 is 11.9 Å². The lowest BCUT2D eigenvalue weighted by atomic mass is 9.95. The zero-order valence-corrected chi connectivity index (χ0v) is 11.9. The van der Waals surface area contributed by atoms with Crippen LogP contribution in [0.2, 0.25) is 0 Å². The molecule has 0 aliphatic heterocycles. The van der Waals surface area contributed by atoms with Crippen LogP contribution in [0.3, 0.4) is 0 Å². The lowest BCUT2D eigenvalue weighted by molar-refractivity contribution is -0.146. The molecule has 1 amide bonds. The number of carbonyl (C=O) groups is 2. The summed E-state index contributed by atoms with van der Waals surface area (Å²) in [6.45, 7) is 2.44. The largest absolute Gasteiger partial charge is 0.481 e. The van der Waals surface area contributed by atoms with Crippen molar-refractivity contribution in [1.82, 2.24) is 15.1 Å². The number of aromatic nitrogens is 2. The van der Waals surface area contributed by atoms with E-state index in [1.165, 1.54) is 0 Å². The molecule has 1 aliphatic carbocycles. The Morgan fingerprint density at radius 3 is 2.70 bits per heavy atom. The zero-order chi connectivity index (χ0) is 14.7. The second-order valence-electron chi connectivity index (χ2n) is 5.54. The van der Waals surface area contributed by atoms with Crippen molar-refractivity contribution in [3.8, 4) is 0 Å². The van der Waals surface area contributed by atoms with E-state index < -0.39 is 17.8 Å². The van der Waals surface area contributed by atoms with Gasteiger partial charge in [0, 0.05) is 25.4 Å². The van der Waals surface area contributed by atoms with Gasteiger partial charge >= 0.3 is 5.97 Å². The third-order valence-electron chi connectivity index (χ3n) is 4.12. The molecule has 0 saturated heterocycles. The van der Waals surface area contributed by atoms with Crippen molar-refractivity contribution in [1.29, 1.82) is 0 Å². The molecule has 1 aromatic heterocycles. The monoisotopic (exact) mass is 279 g/mol. The summed E-state index contributed by atoms with van der Waals surface area (Å²) in [5, 5.41) is 16.1. The van der Waals surface area contributed by atoms with Crippen LogP contribution in [0.5, 0.6) is 0 Å². The molecule has 2 N–H and O–H groups in total. The molecule has 3 atom stereocenters. The van der Waals surface area contributed by atoms with Gasteiger partial charge in [-0.25, -0.2) is 0 Å². The normalized spacial score (nSPS) is 25.6. The fraction of sp³-hybridized carbons (Fsp3) is 0.643. The number of aliphatic carboxylic acids is 1. The third-order valence-corrected chi connectivity index (χ3v) is 4.12. The minimum Gasteiger partial charge on any atom is -0.481 e. The Kier molecular flexibility index (Phi) is 4.42. The van der Waals surface area contributed by atoms with Crippen molar-refractivity contribution < 1.29 is 14.7 Å². The summed E-state index contributed by atoms with van der Waals surface area (Å²) in [6, 6.07) is 0. The maximum absolute atomic E-state index is 12.2. The average molecular weight is 279 g/mol. The highest BCUT2D eigenvalue weighted by Crippen LogP contribution is 2.38. The van der Waals surface area contributed by atoms with Gasteiger partial charge in [0.15, 0.2) is 0 Å². The molecule has 2 rings (SSSR count). The molecule has 6 heteroatoms. The van der Waals surface area contributed by atoms with Crippen LogP contribution in [0.25, 0.3) is 0 Å². The lowest BCUT2D eigenvalue weighted by Gasteiger charge is -2.15. The van der Waals surface area contributed by atoms with Crippen LogP contribution in [0.15, 0.2) is 12.4 Å². The Labute approximate surface area is 118 Å². The molecule has 1 fully saturated rings. The Bertz CT molecular complexity index is 498. The Morgan fingerprint density at radius 2 is 2.15 bits per heavy atom. The van der Waals surface area contributed by atoms with Crippen LogP contribution >= 0.6 is 0 Å². The van der Waals surface area contributed by atoms with E-state index in [0.29, 0.717) is 25.3 Å². The molecule has 1 saturated carbocycles. The Morgan fingerprint density at radius 1 is 1.45 bits per heavy atom. The first-order chi connectivity index (χ1) is 9.51. The molecular weight excluding hydrogens is 258 g/mol. The molecule has 0 bridgehead atoms. The smallest absolute Gasteiger partial charge is 0.307 e. The van der Waals surface area contributed by atoms with E-state index in [-0.39, 0.29) is 5.91 Å². The second-order valence-corrected chi connectivity index (χ2v) is 5.54. The summed E-state index contributed by atoms with van der Waals surface area (Å²) < 4.78 is 1.67. The van der Waals surface area contributed by atoms with Gasteiger partial charge in [-0.1, -0.05) is 13.3 Å². The van der Waals surface area contributed by atoms with Gasteiger partial charge in [0.2, 0.25) is 5.91 Å². The SMILES string of the molecule is CCC1C[C@H](C(=O)NCc2cnn(C)c2)[C@H](C(=O)O)C1. The standard InChI is InChI=1S/C14H21N3O3/c1-3-9-4-11(12(5-9)14(19)20)13(18)15-6-10-7-16-17(2)8-10/h7-9,11-12H,3-6H2,1-2H3,(H,15,18)(H,19,20)/t9?,11-,12+/m0/s1. The summed E-state index contributed by atoms with van der Waals surface area (Å²) in [5.74, 6) is -1.63. The molecule has 1 aliphatic rings. The number of amides is 1.